The SMILES string of the molecule is Nc1ncnc2c1ncn2[C@@H]1O[C@H](COC(=O)c2ccccc2)C1I. The summed E-state index contributed by atoms with van der Waals surface area (Å²) in [5.41, 5.74) is 7.50. The van der Waals surface area contributed by atoms with Crippen LogP contribution >= 0.6 is 22.6 Å². The molecule has 1 aromatic carbocycles. The first kappa shape index (κ1) is 16.2. The van der Waals surface area contributed by atoms with Gasteiger partial charge in [0.1, 0.15) is 24.6 Å². The molecule has 8 nitrogen and oxygen atoms in total. The predicted molar refractivity (Wildman–Crippen MR) is 98.2 cm³/mol. The van der Waals surface area contributed by atoms with Crippen molar-refractivity contribution >= 4 is 45.5 Å². The third kappa shape index (κ3) is 2.93. The van der Waals surface area contributed by atoms with Crippen LogP contribution in [0.5, 0.6) is 0 Å². The van der Waals surface area contributed by atoms with E-state index in [2.05, 4.69) is 37.5 Å². The van der Waals surface area contributed by atoms with Gasteiger partial charge in [-0.1, -0.05) is 40.8 Å². The van der Waals surface area contributed by atoms with Gasteiger partial charge in [-0.3, -0.25) is 4.57 Å². The van der Waals surface area contributed by atoms with Gasteiger partial charge in [-0.15, -0.1) is 0 Å². The number of fused-ring (bicyclic) bond motifs is 1. The van der Waals surface area contributed by atoms with Crippen LogP contribution in [0.4, 0.5) is 5.82 Å². The number of hydrogen-bond acceptors (Lipinski definition) is 7. The van der Waals surface area contributed by atoms with Gasteiger partial charge in [-0.05, 0) is 12.1 Å². The van der Waals surface area contributed by atoms with Crippen molar-refractivity contribution in [3.05, 3.63) is 48.5 Å². The first-order chi connectivity index (χ1) is 12.1. The molecule has 0 bridgehead atoms. The first-order valence-electron chi connectivity index (χ1n) is 7.60. The third-order valence-electron chi connectivity index (χ3n) is 3.99. The Hall–Kier alpha value is -2.27. The number of nitrogen functional groups attached to an aromatic ring is 1. The molecule has 2 aromatic heterocycles. The molecule has 2 N–H and O–H groups in total. The zero-order valence-corrected chi connectivity index (χ0v) is 15.1. The Kier molecular flexibility index (Phi) is 4.25. The lowest BCUT2D eigenvalue weighted by Crippen LogP contribution is -2.49. The molecule has 0 spiro atoms. The number of benzene rings is 1. The van der Waals surface area contributed by atoms with Crippen molar-refractivity contribution in [2.75, 3.05) is 12.3 Å². The van der Waals surface area contributed by atoms with E-state index in [1.165, 1.54) is 6.33 Å². The Morgan fingerprint density at radius 2 is 2.08 bits per heavy atom. The van der Waals surface area contributed by atoms with E-state index in [0.29, 0.717) is 22.5 Å². The fourth-order valence-electron chi connectivity index (χ4n) is 2.65. The molecule has 1 aliphatic rings. The number of nitrogens with zero attached hydrogens (tertiary/aromatic N) is 4. The highest BCUT2D eigenvalue weighted by Gasteiger charge is 2.43. The minimum absolute atomic E-state index is 0.106. The quantitative estimate of drug-likeness (QED) is 0.367. The van der Waals surface area contributed by atoms with Crippen LogP contribution in [0.1, 0.15) is 16.6 Å². The fraction of sp³-hybridized carbons (Fsp3) is 0.250. The number of nitrogens with two attached hydrogens (primary N) is 1. The van der Waals surface area contributed by atoms with Gasteiger partial charge in [0.05, 0.1) is 15.8 Å². The van der Waals surface area contributed by atoms with E-state index in [-0.39, 0.29) is 28.8 Å². The molecular formula is C16H14IN5O3. The van der Waals surface area contributed by atoms with E-state index in [9.17, 15) is 4.79 Å². The number of ether oxygens (including phenoxy) is 2. The molecule has 0 aliphatic carbocycles. The molecule has 9 heteroatoms. The van der Waals surface area contributed by atoms with Crippen LogP contribution in [-0.2, 0) is 9.47 Å². The Balaban J connectivity index is 1.40. The van der Waals surface area contributed by atoms with Gasteiger partial charge in [0.25, 0.3) is 0 Å². The lowest BCUT2D eigenvalue weighted by atomic mass is 10.1. The summed E-state index contributed by atoms with van der Waals surface area (Å²) in [5, 5.41) is 0. The Morgan fingerprint density at radius 3 is 2.84 bits per heavy atom. The number of halogens is 1. The second-order valence-electron chi connectivity index (χ2n) is 5.56. The highest BCUT2D eigenvalue weighted by molar-refractivity contribution is 14.1. The van der Waals surface area contributed by atoms with Crippen molar-refractivity contribution in [1.82, 2.24) is 19.5 Å². The maximum Gasteiger partial charge on any atom is 0.338 e. The zero-order chi connectivity index (χ0) is 17.4. The van der Waals surface area contributed by atoms with Crippen molar-refractivity contribution in [2.45, 2.75) is 16.3 Å². The van der Waals surface area contributed by atoms with E-state index in [1.54, 1.807) is 30.6 Å². The van der Waals surface area contributed by atoms with Crippen molar-refractivity contribution in [2.24, 2.45) is 0 Å². The van der Waals surface area contributed by atoms with Crippen molar-refractivity contribution in [3.8, 4) is 0 Å². The first-order valence-corrected chi connectivity index (χ1v) is 8.84. The van der Waals surface area contributed by atoms with Gasteiger partial charge in [0.15, 0.2) is 17.7 Å². The number of rotatable bonds is 4. The molecule has 3 atom stereocenters. The van der Waals surface area contributed by atoms with Crippen LogP contribution in [0.2, 0.25) is 0 Å². The molecular weight excluding hydrogens is 437 g/mol. The smallest absolute Gasteiger partial charge is 0.338 e. The summed E-state index contributed by atoms with van der Waals surface area (Å²) in [6, 6.07) is 8.88. The highest BCUT2D eigenvalue weighted by Crippen LogP contribution is 2.39. The van der Waals surface area contributed by atoms with E-state index in [1.807, 2.05) is 10.6 Å². The van der Waals surface area contributed by atoms with Gasteiger partial charge in [-0.25, -0.2) is 19.7 Å². The lowest BCUT2D eigenvalue weighted by Gasteiger charge is -2.41. The van der Waals surface area contributed by atoms with Crippen molar-refractivity contribution < 1.29 is 14.3 Å². The third-order valence-corrected chi connectivity index (χ3v) is 5.41. The number of anilines is 1. The number of aromatic nitrogens is 4. The molecule has 0 radical (unpaired) electrons. The maximum absolute atomic E-state index is 12.0. The van der Waals surface area contributed by atoms with Gasteiger partial charge >= 0.3 is 5.97 Å². The molecule has 128 valence electrons. The molecule has 1 aliphatic heterocycles. The standard InChI is InChI=1S/C16H14IN5O3/c17-11-10(6-24-16(23)9-4-2-1-3-5-9)25-15(11)22-8-21-12-13(18)19-7-20-14(12)22/h1-5,7-8,10-11,15H,6H2,(H2,18,19,20)/t10-,11?,15-/m1/s1. The fourth-order valence-corrected chi connectivity index (χ4v) is 3.54. The van der Waals surface area contributed by atoms with Crippen LogP contribution in [0.15, 0.2) is 43.0 Å². The van der Waals surface area contributed by atoms with Crippen LogP contribution in [0, 0.1) is 0 Å². The van der Waals surface area contributed by atoms with E-state index in [4.69, 9.17) is 15.2 Å². The van der Waals surface area contributed by atoms with Gasteiger partial charge in [-0.2, -0.15) is 0 Å². The lowest BCUT2D eigenvalue weighted by molar-refractivity contribution is -0.165. The maximum atomic E-state index is 12.0. The monoisotopic (exact) mass is 451 g/mol. The number of imidazole rings is 1. The molecule has 1 fully saturated rings. The molecule has 1 saturated heterocycles. The van der Waals surface area contributed by atoms with Crippen LogP contribution in [-0.4, -0.2) is 42.1 Å². The number of carbonyl (C=O) groups excluding carboxylic acids is 1. The van der Waals surface area contributed by atoms with Crippen LogP contribution in [0.25, 0.3) is 11.2 Å². The Morgan fingerprint density at radius 1 is 1.28 bits per heavy atom. The summed E-state index contributed by atoms with van der Waals surface area (Å²) in [5.74, 6) is -0.0220. The van der Waals surface area contributed by atoms with E-state index in [0.717, 1.165) is 0 Å². The number of alkyl halides is 1. The summed E-state index contributed by atoms with van der Waals surface area (Å²) in [6.07, 6.45) is 2.61. The van der Waals surface area contributed by atoms with Crippen molar-refractivity contribution in [1.29, 1.82) is 0 Å². The number of carbonyl (C=O) groups is 1. The summed E-state index contributed by atoms with van der Waals surface area (Å²) in [7, 11) is 0. The summed E-state index contributed by atoms with van der Waals surface area (Å²) in [6.45, 7) is 0.196. The average molecular weight is 451 g/mol. The molecule has 3 heterocycles. The molecule has 4 rings (SSSR count). The van der Waals surface area contributed by atoms with Crippen molar-refractivity contribution in [3.63, 3.8) is 0 Å². The zero-order valence-electron chi connectivity index (χ0n) is 12.9. The Bertz CT molecular complexity index is 917. The van der Waals surface area contributed by atoms with Crippen LogP contribution < -0.4 is 5.73 Å². The summed E-state index contributed by atoms with van der Waals surface area (Å²) >= 11 is 2.28. The van der Waals surface area contributed by atoms with E-state index >= 15 is 0 Å². The average Bonchev–Trinajstić information content (AvgIpc) is 3.06. The molecule has 0 amide bonds. The largest absolute Gasteiger partial charge is 0.459 e. The van der Waals surface area contributed by atoms with Gasteiger partial charge in [0.2, 0.25) is 0 Å². The van der Waals surface area contributed by atoms with Gasteiger partial charge < -0.3 is 15.2 Å². The minimum atomic E-state index is -0.357. The summed E-state index contributed by atoms with van der Waals surface area (Å²) in [4.78, 5) is 24.4. The van der Waals surface area contributed by atoms with E-state index < -0.39 is 0 Å². The normalized spacial score (nSPS) is 22.5. The second kappa shape index (κ2) is 6.56. The van der Waals surface area contributed by atoms with Crippen LogP contribution in [0.3, 0.4) is 0 Å². The molecule has 1 unspecified atom stereocenters. The number of esters is 1. The highest BCUT2D eigenvalue weighted by atomic mass is 127. The minimum Gasteiger partial charge on any atom is -0.459 e. The second-order valence-corrected chi connectivity index (χ2v) is 7.00. The number of hydrogen-bond donors (Lipinski definition) is 1. The molecule has 3 aromatic rings. The topological polar surface area (TPSA) is 105 Å². The molecule has 0 saturated carbocycles. The summed E-state index contributed by atoms with van der Waals surface area (Å²) < 4.78 is 13.1. The Labute approximate surface area is 156 Å². The predicted octanol–water partition coefficient (Wildman–Crippen LogP) is 1.97. The molecule has 25 heavy (non-hydrogen) atoms. The van der Waals surface area contributed by atoms with Gasteiger partial charge in [0, 0.05) is 0 Å².